The summed E-state index contributed by atoms with van der Waals surface area (Å²) in [4.78, 5) is 0. The van der Waals surface area contributed by atoms with Gasteiger partial charge in [-0.25, -0.2) is 15.3 Å². The minimum Gasteiger partial charge on any atom is -0.402 e. The van der Waals surface area contributed by atoms with Gasteiger partial charge in [0.05, 0.1) is 34.8 Å². The van der Waals surface area contributed by atoms with Crippen molar-refractivity contribution in [2.75, 3.05) is 0 Å². The van der Waals surface area contributed by atoms with E-state index in [1.165, 1.54) is 33.4 Å². The maximum absolute atomic E-state index is 5.39. The van der Waals surface area contributed by atoms with Crippen LogP contribution in [0.3, 0.4) is 0 Å². The Morgan fingerprint density at radius 1 is 0.273 bits per heavy atom. The lowest BCUT2D eigenvalue weighted by Crippen LogP contribution is -2.43. The molecule has 9 rings (SSSR count). The fraction of sp³-hybridized carbons (Fsp3) is 0.0625. The van der Waals surface area contributed by atoms with E-state index in [2.05, 4.69) is 233 Å². The Kier molecular flexibility index (Phi) is 9.56. The standard InChI is InChI=1S/C48H40BN6/c1-7-19-37(20-8-1)46(38-21-9-2-10-22-38)43-31-34-53(50-43)49(54-35-32-44(51-54)47(39-23-11-3-12-24-39)40-25-13-4-14-26-40)55-36-33-45(52-55)48(41-27-15-5-16-28-41)42-29-17-6-18-30-42/h1-36,46-49H/q-1. The highest BCUT2D eigenvalue weighted by Gasteiger charge is 2.25. The highest BCUT2D eigenvalue weighted by Crippen LogP contribution is 2.34. The van der Waals surface area contributed by atoms with E-state index in [9.17, 15) is 0 Å². The number of hydrogen-bond acceptors (Lipinski definition) is 3. The molecule has 0 unspecified atom stereocenters. The molecule has 0 aliphatic heterocycles. The molecule has 0 saturated heterocycles. The quantitative estimate of drug-likeness (QED) is 0.119. The van der Waals surface area contributed by atoms with Crippen molar-refractivity contribution in [3.05, 3.63) is 269 Å². The zero-order valence-corrected chi connectivity index (χ0v) is 30.4. The first-order chi connectivity index (χ1) is 27.3. The average Bonchev–Trinajstić information content (AvgIpc) is 4.05. The molecular weight excluding hydrogens is 671 g/mol. The second-order valence-electron chi connectivity index (χ2n) is 14.0. The third kappa shape index (κ3) is 7.08. The number of aromatic nitrogens is 6. The number of rotatable bonds is 12. The van der Waals surface area contributed by atoms with Crippen LogP contribution in [0.2, 0.25) is 0 Å². The summed E-state index contributed by atoms with van der Waals surface area (Å²) in [5.41, 5.74) is 10.0. The lowest BCUT2D eigenvalue weighted by atomic mass is 9.89. The predicted octanol–water partition coefficient (Wildman–Crippen LogP) is 9.48. The van der Waals surface area contributed by atoms with Crippen LogP contribution >= 0.6 is 0 Å². The Labute approximate surface area is 322 Å². The van der Waals surface area contributed by atoms with Crippen LogP contribution in [0.25, 0.3) is 0 Å². The summed E-state index contributed by atoms with van der Waals surface area (Å²) < 4.78 is 6.21. The van der Waals surface area contributed by atoms with Gasteiger partial charge in [-0.05, 0) is 70.2 Å². The van der Waals surface area contributed by atoms with Gasteiger partial charge in [-0.1, -0.05) is 182 Å². The molecule has 0 aliphatic carbocycles. The lowest BCUT2D eigenvalue weighted by Gasteiger charge is -2.28. The highest BCUT2D eigenvalue weighted by atomic mass is 15.4. The van der Waals surface area contributed by atoms with Crippen molar-refractivity contribution < 1.29 is 0 Å². The molecule has 3 heterocycles. The molecule has 3 aromatic heterocycles. The minimum absolute atomic E-state index is 0.0360. The van der Waals surface area contributed by atoms with Gasteiger partial charge in [0.1, 0.15) is 0 Å². The Balaban J connectivity index is 1.18. The monoisotopic (exact) mass is 711 g/mol. The summed E-state index contributed by atoms with van der Waals surface area (Å²) in [5, 5.41) is 16.2. The van der Waals surface area contributed by atoms with Crippen LogP contribution in [0.1, 0.15) is 68.2 Å². The first-order valence-electron chi connectivity index (χ1n) is 18.9. The maximum Gasteiger partial charge on any atom is 0.326 e. The summed E-state index contributed by atoms with van der Waals surface area (Å²) in [6, 6.07) is 70.1. The topological polar surface area (TPSA) is 53.5 Å². The zero-order valence-electron chi connectivity index (χ0n) is 30.4. The highest BCUT2D eigenvalue weighted by molar-refractivity contribution is 6.52. The molecule has 0 spiro atoms. The van der Waals surface area contributed by atoms with Crippen LogP contribution in [-0.2, 0) is 0 Å². The van der Waals surface area contributed by atoms with Gasteiger partial charge < -0.3 is 13.8 Å². The third-order valence-corrected chi connectivity index (χ3v) is 10.5. The second-order valence-corrected chi connectivity index (χ2v) is 14.0. The van der Waals surface area contributed by atoms with Crippen molar-refractivity contribution >= 4 is 7.12 Å². The van der Waals surface area contributed by atoms with Crippen LogP contribution in [0, 0.1) is 0 Å². The Bertz CT molecular complexity index is 2140. The molecule has 0 bridgehead atoms. The largest absolute Gasteiger partial charge is 0.402 e. The molecule has 9 aromatic rings. The second kappa shape index (κ2) is 15.5. The number of hydrogen-bond donors (Lipinski definition) is 0. The van der Waals surface area contributed by atoms with E-state index in [4.69, 9.17) is 15.3 Å². The maximum atomic E-state index is 5.39. The molecule has 0 fully saturated rings. The predicted molar refractivity (Wildman–Crippen MR) is 222 cm³/mol. The van der Waals surface area contributed by atoms with E-state index >= 15 is 0 Å². The smallest absolute Gasteiger partial charge is 0.326 e. The lowest BCUT2D eigenvalue weighted by molar-refractivity contribution is 0.733. The summed E-state index contributed by atoms with van der Waals surface area (Å²) in [7, 11) is -1.72. The zero-order chi connectivity index (χ0) is 36.8. The first-order valence-corrected chi connectivity index (χ1v) is 18.9. The molecule has 0 N–H and O–H groups in total. The summed E-state index contributed by atoms with van der Waals surface area (Å²) in [5.74, 6) is -0.108. The summed E-state index contributed by atoms with van der Waals surface area (Å²) >= 11 is 0. The Hall–Kier alpha value is -6.99. The SMILES string of the molecule is c1ccc(C(c2ccccc2)c2ccn([BH-](n3ccc(C(c4ccccc4)c4ccccc4)n3)n3ccc(C(c4ccccc4)c4ccccc4)n3)n2)cc1. The minimum atomic E-state index is -1.72. The van der Waals surface area contributed by atoms with Crippen LogP contribution in [-0.4, -0.2) is 36.2 Å². The summed E-state index contributed by atoms with van der Waals surface area (Å²) in [6.07, 6.45) is 6.28. The number of benzene rings is 6. The van der Waals surface area contributed by atoms with E-state index in [0.29, 0.717) is 0 Å². The van der Waals surface area contributed by atoms with Crippen molar-refractivity contribution in [3.8, 4) is 0 Å². The van der Waals surface area contributed by atoms with Crippen molar-refractivity contribution in [2.24, 2.45) is 0 Å². The fourth-order valence-corrected chi connectivity index (χ4v) is 7.99. The van der Waals surface area contributed by atoms with Crippen molar-refractivity contribution in [2.45, 2.75) is 17.8 Å². The first kappa shape index (κ1) is 33.8. The number of nitrogens with zero attached hydrogens (tertiary/aromatic N) is 6. The van der Waals surface area contributed by atoms with Gasteiger partial charge in [-0.15, -0.1) is 0 Å². The van der Waals surface area contributed by atoms with Crippen LogP contribution in [0.5, 0.6) is 0 Å². The van der Waals surface area contributed by atoms with Crippen molar-refractivity contribution in [1.82, 2.24) is 29.1 Å². The molecule has 6 aromatic carbocycles. The Morgan fingerprint density at radius 2 is 0.473 bits per heavy atom. The van der Waals surface area contributed by atoms with Gasteiger partial charge >= 0.3 is 7.12 Å². The molecule has 6 nitrogen and oxygen atoms in total. The van der Waals surface area contributed by atoms with Crippen molar-refractivity contribution in [3.63, 3.8) is 0 Å². The van der Waals surface area contributed by atoms with Gasteiger partial charge in [0.2, 0.25) is 0 Å². The van der Waals surface area contributed by atoms with E-state index in [0.717, 1.165) is 17.1 Å². The Morgan fingerprint density at radius 3 is 0.673 bits per heavy atom. The van der Waals surface area contributed by atoms with E-state index < -0.39 is 7.12 Å². The van der Waals surface area contributed by atoms with Gasteiger partial charge in [0.25, 0.3) is 0 Å². The van der Waals surface area contributed by atoms with Crippen LogP contribution in [0.15, 0.2) is 219 Å². The molecule has 0 atom stereocenters. The van der Waals surface area contributed by atoms with Gasteiger partial charge in [-0.2, -0.15) is 0 Å². The van der Waals surface area contributed by atoms with Crippen molar-refractivity contribution in [1.29, 1.82) is 0 Å². The molecular formula is C48H40BN6-. The molecule has 55 heavy (non-hydrogen) atoms. The van der Waals surface area contributed by atoms with E-state index in [1.54, 1.807) is 0 Å². The van der Waals surface area contributed by atoms with Crippen LogP contribution < -0.4 is 0 Å². The summed E-state index contributed by atoms with van der Waals surface area (Å²) in [6.45, 7) is 0. The molecule has 0 amide bonds. The van der Waals surface area contributed by atoms with Gasteiger partial charge in [-0.3, -0.25) is 0 Å². The molecule has 266 valence electrons. The van der Waals surface area contributed by atoms with E-state index in [1.807, 2.05) is 0 Å². The fourth-order valence-electron chi connectivity index (χ4n) is 7.99. The van der Waals surface area contributed by atoms with Gasteiger partial charge in [0.15, 0.2) is 0 Å². The van der Waals surface area contributed by atoms with Gasteiger partial charge in [0, 0.05) is 0 Å². The van der Waals surface area contributed by atoms with E-state index in [-0.39, 0.29) is 17.8 Å². The normalized spacial score (nSPS) is 11.6. The third-order valence-electron chi connectivity index (χ3n) is 10.5. The molecule has 7 heteroatoms. The molecule has 0 aliphatic rings. The van der Waals surface area contributed by atoms with Crippen LogP contribution in [0.4, 0.5) is 0 Å². The molecule has 0 radical (unpaired) electrons. The molecule has 0 saturated carbocycles. The average molecular weight is 712 g/mol.